The zero-order valence-electron chi connectivity index (χ0n) is 17.5. The van der Waals surface area contributed by atoms with Gasteiger partial charge in [0.25, 0.3) is 0 Å². The van der Waals surface area contributed by atoms with Crippen LogP contribution in [0.2, 0.25) is 5.02 Å². The summed E-state index contributed by atoms with van der Waals surface area (Å²) in [7, 11) is -0.983. The number of methoxy groups -OCH3 is 2. The third kappa shape index (κ3) is 3.76. The van der Waals surface area contributed by atoms with Crippen molar-refractivity contribution in [2.75, 3.05) is 19.5 Å². The largest absolute Gasteiger partial charge is 0.495 e. The number of ether oxygens (including phenoxy) is 2. The molecule has 0 aliphatic heterocycles. The maximum atomic E-state index is 13.6. The van der Waals surface area contributed by atoms with Gasteiger partial charge in [-0.2, -0.15) is 0 Å². The fraction of sp³-hybridized carbons (Fsp3) is 0.409. The van der Waals surface area contributed by atoms with E-state index in [-0.39, 0.29) is 22.8 Å². The van der Waals surface area contributed by atoms with Gasteiger partial charge in [0.05, 0.1) is 29.8 Å². The molecule has 0 aromatic heterocycles. The van der Waals surface area contributed by atoms with Crippen molar-refractivity contribution in [3.63, 3.8) is 0 Å². The Morgan fingerprint density at radius 2 is 1.63 bits per heavy atom. The van der Waals surface area contributed by atoms with Gasteiger partial charge >= 0.3 is 0 Å². The molecule has 0 unspecified atom stereocenters. The van der Waals surface area contributed by atoms with Crippen molar-refractivity contribution in [1.82, 2.24) is 0 Å². The summed E-state index contributed by atoms with van der Waals surface area (Å²) in [5.74, 6) is 0.156. The minimum Gasteiger partial charge on any atom is -0.495 e. The fourth-order valence-corrected chi connectivity index (χ4v) is 6.26. The molecule has 2 aromatic carbocycles. The summed E-state index contributed by atoms with van der Waals surface area (Å²) in [6.45, 7) is 3.78. The molecule has 1 aliphatic carbocycles. The highest BCUT2D eigenvalue weighted by molar-refractivity contribution is 7.93. The number of nitrogens with one attached hydrogen (secondary N) is 1. The second kappa shape index (κ2) is 8.47. The second-order valence-electron chi connectivity index (χ2n) is 7.59. The van der Waals surface area contributed by atoms with E-state index in [4.69, 9.17) is 21.1 Å². The molecule has 1 fully saturated rings. The third-order valence-corrected chi connectivity index (χ3v) is 8.64. The number of hydrogen-bond donors (Lipinski definition) is 1. The molecule has 1 aliphatic rings. The molecule has 0 radical (unpaired) electrons. The Balaban J connectivity index is 2.03. The predicted octanol–water partition coefficient (Wildman–Crippen LogP) is 4.70. The van der Waals surface area contributed by atoms with E-state index < -0.39 is 20.5 Å². The SMILES string of the molecule is COc1cc(OC)c(NC(=O)C2(S(=O)(=O)c3ccc(C)c(C)c3)CCCC2)cc1Cl. The van der Waals surface area contributed by atoms with Gasteiger partial charge < -0.3 is 14.8 Å². The van der Waals surface area contributed by atoms with Gasteiger partial charge in [-0.3, -0.25) is 4.79 Å². The molecule has 0 heterocycles. The zero-order valence-corrected chi connectivity index (χ0v) is 19.1. The van der Waals surface area contributed by atoms with Crippen LogP contribution in [0.4, 0.5) is 5.69 Å². The Hall–Kier alpha value is -2.25. The quantitative estimate of drug-likeness (QED) is 0.688. The maximum Gasteiger partial charge on any atom is 0.246 e. The highest BCUT2D eigenvalue weighted by Gasteiger charge is 2.53. The molecule has 3 rings (SSSR count). The molecule has 162 valence electrons. The molecule has 0 saturated heterocycles. The highest BCUT2D eigenvalue weighted by atomic mass is 35.5. The van der Waals surface area contributed by atoms with Crippen molar-refractivity contribution < 1.29 is 22.7 Å². The molecular formula is C22H26ClNO5S. The first kappa shape index (κ1) is 22.4. The lowest BCUT2D eigenvalue weighted by molar-refractivity contribution is -0.118. The number of sulfone groups is 1. The molecule has 6 nitrogen and oxygen atoms in total. The van der Waals surface area contributed by atoms with E-state index in [0.29, 0.717) is 30.0 Å². The molecule has 1 amide bonds. The Morgan fingerprint density at radius 3 is 2.20 bits per heavy atom. The van der Waals surface area contributed by atoms with E-state index in [1.807, 2.05) is 13.8 Å². The lowest BCUT2D eigenvalue weighted by Gasteiger charge is -2.28. The number of aryl methyl sites for hydroxylation is 2. The van der Waals surface area contributed by atoms with Crippen molar-refractivity contribution in [3.05, 3.63) is 46.5 Å². The van der Waals surface area contributed by atoms with Gasteiger partial charge in [0.1, 0.15) is 11.5 Å². The molecule has 1 saturated carbocycles. The van der Waals surface area contributed by atoms with E-state index in [1.54, 1.807) is 24.3 Å². The van der Waals surface area contributed by atoms with Gasteiger partial charge in [0, 0.05) is 6.07 Å². The van der Waals surface area contributed by atoms with Crippen molar-refractivity contribution in [2.24, 2.45) is 0 Å². The first-order chi connectivity index (χ1) is 14.2. The summed E-state index contributed by atoms with van der Waals surface area (Å²) in [5.41, 5.74) is 2.17. The van der Waals surface area contributed by atoms with Crippen LogP contribution in [-0.2, 0) is 14.6 Å². The van der Waals surface area contributed by atoms with Crippen LogP contribution in [0.3, 0.4) is 0 Å². The number of carbonyl (C=O) groups excluding carboxylic acids is 1. The van der Waals surface area contributed by atoms with E-state index in [1.165, 1.54) is 20.3 Å². The number of halogens is 1. The monoisotopic (exact) mass is 451 g/mol. The minimum atomic E-state index is -3.91. The first-order valence-corrected chi connectivity index (χ1v) is 11.6. The van der Waals surface area contributed by atoms with Crippen molar-refractivity contribution in [1.29, 1.82) is 0 Å². The van der Waals surface area contributed by atoms with E-state index in [9.17, 15) is 13.2 Å². The summed E-state index contributed by atoms with van der Waals surface area (Å²) in [6.07, 6.45) is 1.86. The molecule has 1 N–H and O–H groups in total. The number of hydrogen-bond acceptors (Lipinski definition) is 5. The maximum absolute atomic E-state index is 13.6. The Kier molecular flexibility index (Phi) is 6.34. The third-order valence-electron chi connectivity index (χ3n) is 5.85. The molecule has 30 heavy (non-hydrogen) atoms. The van der Waals surface area contributed by atoms with Crippen LogP contribution in [-0.4, -0.2) is 33.3 Å². The second-order valence-corrected chi connectivity index (χ2v) is 10.3. The van der Waals surface area contributed by atoms with Crippen LogP contribution < -0.4 is 14.8 Å². The number of amides is 1. The van der Waals surface area contributed by atoms with E-state index in [0.717, 1.165) is 11.1 Å². The van der Waals surface area contributed by atoms with Crippen LogP contribution in [0.1, 0.15) is 36.8 Å². The number of carbonyl (C=O) groups is 1. The lowest BCUT2D eigenvalue weighted by atomic mass is 10.1. The lowest BCUT2D eigenvalue weighted by Crippen LogP contribution is -2.47. The van der Waals surface area contributed by atoms with Crippen molar-refractivity contribution in [3.8, 4) is 11.5 Å². The molecule has 0 spiro atoms. The summed E-state index contributed by atoms with van der Waals surface area (Å²) < 4.78 is 36.3. The van der Waals surface area contributed by atoms with Gasteiger partial charge in [-0.15, -0.1) is 0 Å². The van der Waals surface area contributed by atoms with Gasteiger partial charge in [-0.25, -0.2) is 8.42 Å². The van der Waals surface area contributed by atoms with E-state index >= 15 is 0 Å². The first-order valence-electron chi connectivity index (χ1n) is 9.71. The van der Waals surface area contributed by atoms with Gasteiger partial charge in [-0.05, 0) is 56.0 Å². The summed E-state index contributed by atoms with van der Waals surface area (Å²) >= 11 is 6.20. The molecule has 8 heteroatoms. The minimum absolute atomic E-state index is 0.169. The van der Waals surface area contributed by atoms with Crippen LogP contribution >= 0.6 is 11.6 Å². The molecule has 0 bridgehead atoms. The summed E-state index contributed by atoms with van der Waals surface area (Å²) in [5, 5.41) is 3.04. The normalized spacial score (nSPS) is 15.6. The Morgan fingerprint density at radius 1 is 1.00 bits per heavy atom. The average Bonchev–Trinajstić information content (AvgIpc) is 3.22. The van der Waals surface area contributed by atoms with E-state index in [2.05, 4.69) is 5.32 Å². The van der Waals surface area contributed by atoms with Crippen LogP contribution in [0.15, 0.2) is 35.2 Å². The standard InChI is InChI=1S/C22H26ClNO5S/c1-14-7-8-16(11-15(14)2)30(26,27)22(9-5-6-10-22)21(25)24-18-12-17(23)19(28-3)13-20(18)29-4/h7-8,11-13H,5-6,9-10H2,1-4H3,(H,24,25). The topological polar surface area (TPSA) is 81.7 Å². The summed E-state index contributed by atoms with van der Waals surface area (Å²) in [6, 6.07) is 8.05. The number of rotatable bonds is 6. The van der Waals surface area contributed by atoms with Crippen LogP contribution in [0.25, 0.3) is 0 Å². The molecule has 0 atom stereocenters. The van der Waals surface area contributed by atoms with Crippen molar-refractivity contribution in [2.45, 2.75) is 49.2 Å². The van der Waals surface area contributed by atoms with Gasteiger partial charge in [-0.1, -0.05) is 30.5 Å². The van der Waals surface area contributed by atoms with Gasteiger partial charge in [0.2, 0.25) is 5.91 Å². The fourth-order valence-electron chi connectivity index (χ4n) is 3.86. The van der Waals surface area contributed by atoms with Crippen LogP contribution in [0.5, 0.6) is 11.5 Å². The Bertz CT molecular complexity index is 1080. The Labute approximate surface area is 182 Å². The smallest absolute Gasteiger partial charge is 0.246 e. The van der Waals surface area contributed by atoms with Crippen LogP contribution in [0, 0.1) is 13.8 Å². The molecular weight excluding hydrogens is 426 g/mol. The highest BCUT2D eigenvalue weighted by Crippen LogP contribution is 2.43. The number of anilines is 1. The average molecular weight is 452 g/mol. The predicted molar refractivity (Wildman–Crippen MR) is 117 cm³/mol. The summed E-state index contributed by atoms with van der Waals surface area (Å²) in [4.78, 5) is 13.6. The zero-order chi connectivity index (χ0) is 22.1. The van der Waals surface area contributed by atoms with Crippen molar-refractivity contribution >= 4 is 33.0 Å². The van der Waals surface area contributed by atoms with Gasteiger partial charge in [0.15, 0.2) is 14.6 Å². The number of benzene rings is 2. The molecule has 2 aromatic rings.